The minimum absolute atomic E-state index is 0.890. The van der Waals surface area contributed by atoms with Gasteiger partial charge in [0.25, 0.3) is 0 Å². The number of rotatable bonds is 0. The first-order chi connectivity index (χ1) is 4.90. The van der Waals surface area contributed by atoms with Crippen LogP contribution in [0.15, 0.2) is 0 Å². The van der Waals surface area contributed by atoms with Crippen molar-refractivity contribution in [2.45, 2.75) is 32.1 Å². The highest BCUT2D eigenvalue weighted by Crippen LogP contribution is 2.53. The molecule has 0 aliphatic heterocycles. The molecule has 0 amide bonds. The first-order valence-electron chi connectivity index (χ1n) is 4.51. The molecule has 0 aromatic carbocycles. The Bertz CT molecular complexity index is 91.6. The molecule has 0 spiro atoms. The number of hydrogen-bond acceptors (Lipinski definition) is 0. The molecule has 3 radical (unpaired) electrons. The highest BCUT2D eigenvalue weighted by molar-refractivity contribution is 5.18. The Hall–Kier alpha value is 0. The van der Waals surface area contributed by atoms with Crippen molar-refractivity contribution in [2.24, 2.45) is 17.8 Å². The van der Waals surface area contributed by atoms with Crippen LogP contribution in [0, 0.1) is 30.1 Å². The van der Waals surface area contributed by atoms with Crippen LogP contribution in [0.2, 0.25) is 0 Å². The summed E-state index contributed by atoms with van der Waals surface area (Å²) in [5.74, 6) is 4.73. The lowest BCUT2D eigenvalue weighted by Crippen LogP contribution is -2.37. The third kappa shape index (κ3) is 0.681. The Kier molecular flexibility index (Phi) is 1.00. The molecule has 0 aromatic heterocycles. The topological polar surface area (TPSA) is 0 Å². The summed E-state index contributed by atoms with van der Waals surface area (Å²) in [6.45, 7) is 0. The van der Waals surface area contributed by atoms with E-state index in [1.807, 2.05) is 0 Å². The maximum atomic E-state index is 3.63. The molecular formula is C10H13. The van der Waals surface area contributed by atoms with Gasteiger partial charge in [-0.15, -0.1) is 0 Å². The lowest BCUT2D eigenvalue weighted by atomic mass is 9.56. The van der Waals surface area contributed by atoms with Gasteiger partial charge < -0.3 is 0 Å². The highest BCUT2D eigenvalue weighted by Gasteiger charge is 2.42. The van der Waals surface area contributed by atoms with Crippen molar-refractivity contribution in [1.29, 1.82) is 0 Å². The smallest absolute Gasteiger partial charge is 0.00658 e. The second-order valence-electron chi connectivity index (χ2n) is 4.29. The van der Waals surface area contributed by atoms with Crippen LogP contribution in [0.5, 0.6) is 0 Å². The monoisotopic (exact) mass is 133 g/mol. The zero-order valence-corrected chi connectivity index (χ0v) is 6.27. The van der Waals surface area contributed by atoms with Gasteiger partial charge in [0, 0.05) is 0 Å². The largest absolute Gasteiger partial charge is 0.0475 e. The summed E-state index contributed by atoms with van der Waals surface area (Å²) < 4.78 is 0. The van der Waals surface area contributed by atoms with Crippen molar-refractivity contribution in [1.82, 2.24) is 0 Å². The Morgan fingerprint density at radius 1 is 1.00 bits per heavy atom. The standard InChI is InChI=1S/C10H13/c1-7-2-9-4-8(1)5-10(3-7)6-9/h7-9H,1-5H2. The van der Waals surface area contributed by atoms with E-state index in [1.165, 1.54) is 25.7 Å². The maximum Gasteiger partial charge on any atom is -0.00658 e. The molecule has 2 atom stereocenters. The van der Waals surface area contributed by atoms with Gasteiger partial charge in [-0.1, -0.05) is 0 Å². The molecule has 0 aromatic rings. The SMILES string of the molecule is [C]1[C]2CC3CC1CC(C2)C3. The lowest BCUT2D eigenvalue weighted by Gasteiger charge is -2.48. The van der Waals surface area contributed by atoms with E-state index < -0.39 is 0 Å². The third-order valence-electron chi connectivity index (χ3n) is 3.38. The Morgan fingerprint density at radius 2 is 1.70 bits per heavy atom. The molecule has 10 heavy (non-hydrogen) atoms. The fraction of sp³-hybridized carbons (Fsp3) is 0.800. The van der Waals surface area contributed by atoms with E-state index in [2.05, 4.69) is 6.42 Å². The van der Waals surface area contributed by atoms with Gasteiger partial charge in [-0.2, -0.15) is 0 Å². The van der Waals surface area contributed by atoms with Crippen molar-refractivity contribution in [3.05, 3.63) is 12.3 Å². The van der Waals surface area contributed by atoms with Gasteiger partial charge in [0.1, 0.15) is 0 Å². The molecule has 0 nitrogen and oxygen atoms in total. The summed E-state index contributed by atoms with van der Waals surface area (Å²) in [5.41, 5.74) is 0. The minimum Gasteiger partial charge on any atom is -0.0475 e. The second kappa shape index (κ2) is 1.78. The third-order valence-corrected chi connectivity index (χ3v) is 3.38. The normalized spacial score (nSPS) is 52.2. The second-order valence-corrected chi connectivity index (χ2v) is 4.29. The molecule has 4 aliphatic rings. The van der Waals surface area contributed by atoms with E-state index in [0.29, 0.717) is 0 Å². The first-order valence-corrected chi connectivity index (χ1v) is 4.51. The summed E-state index contributed by atoms with van der Waals surface area (Å²) in [6, 6.07) is 0. The highest BCUT2D eigenvalue weighted by atomic mass is 14.5. The van der Waals surface area contributed by atoms with Crippen molar-refractivity contribution < 1.29 is 0 Å². The summed E-state index contributed by atoms with van der Waals surface area (Å²) in [6.07, 6.45) is 10.9. The van der Waals surface area contributed by atoms with Crippen LogP contribution >= 0.6 is 0 Å². The molecule has 2 unspecified atom stereocenters. The lowest BCUT2D eigenvalue weighted by molar-refractivity contribution is 0.129. The van der Waals surface area contributed by atoms with E-state index >= 15 is 0 Å². The zero-order valence-electron chi connectivity index (χ0n) is 6.27. The number of hydrogen-bond donors (Lipinski definition) is 0. The van der Waals surface area contributed by atoms with E-state index in [1.54, 1.807) is 12.3 Å². The summed E-state index contributed by atoms with van der Waals surface area (Å²) in [5, 5.41) is 0. The molecule has 0 heteroatoms. The molecule has 4 rings (SSSR count). The molecule has 4 bridgehead atoms. The summed E-state index contributed by atoms with van der Waals surface area (Å²) in [7, 11) is 0. The van der Waals surface area contributed by atoms with Crippen LogP contribution in [0.25, 0.3) is 0 Å². The van der Waals surface area contributed by atoms with Gasteiger partial charge in [0.05, 0.1) is 0 Å². The van der Waals surface area contributed by atoms with E-state index in [9.17, 15) is 0 Å². The van der Waals surface area contributed by atoms with Crippen LogP contribution in [-0.2, 0) is 0 Å². The first kappa shape index (κ1) is 5.62. The van der Waals surface area contributed by atoms with E-state index in [4.69, 9.17) is 0 Å². The van der Waals surface area contributed by atoms with E-state index in [-0.39, 0.29) is 0 Å². The van der Waals surface area contributed by atoms with Crippen molar-refractivity contribution >= 4 is 0 Å². The van der Waals surface area contributed by atoms with Gasteiger partial charge in [0.2, 0.25) is 0 Å². The van der Waals surface area contributed by atoms with Crippen molar-refractivity contribution in [3.63, 3.8) is 0 Å². The molecule has 0 saturated heterocycles. The average Bonchev–Trinajstić information content (AvgIpc) is 1.82. The molecule has 4 saturated carbocycles. The Balaban J connectivity index is 1.90. The van der Waals surface area contributed by atoms with Crippen LogP contribution in [-0.4, -0.2) is 0 Å². The minimum atomic E-state index is 0.890. The van der Waals surface area contributed by atoms with Crippen LogP contribution in [0.3, 0.4) is 0 Å². The fourth-order valence-corrected chi connectivity index (χ4v) is 3.20. The van der Waals surface area contributed by atoms with Crippen LogP contribution < -0.4 is 0 Å². The van der Waals surface area contributed by atoms with Gasteiger partial charge in [-0.25, -0.2) is 0 Å². The predicted octanol–water partition coefficient (Wildman–Crippen LogP) is 2.48. The summed E-state index contributed by atoms with van der Waals surface area (Å²) >= 11 is 0. The Morgan fingerprint density at radius 3 is 2.20 bits per heavy atom. The molecule has 4 aliphatic carbocycles. The van der Waals surface area contributed by atoms with Crippen molar-refractivity contribution in [3.8, 4) is 0 Å². The predicted molar refractivity (Wildman–Crippen MR) is 40.0 cm³/mol. The van der Waals surface area contributed by atoms with Gasteiger partial charge >= 0.3 is 0 Å². The maximum absolute atomic E-state index is 3.63. The molecule has 4 fully saturated rings. The van der Waals surface area contributed by atoms with Crippen LogP contribution in [0.1, 0.15) is 32.1 Å². The van der Waals surface area contributed by atoms with Gasteiger partial charge in [0.15, 0.2) is 0 Å². The van der Waals surface area contributed by atoms with Crippen molar-refractivity contribution in [2.75, 3.05) is 0 Å². The molecule has 53 valence electrons. The molecule has 0 N–H and O–H groups in total. The average molecular weight is 133 g/mol. The molecule has 0 heterocycles. The van der Waals surface area contributed by atoms with Crippen LogP contribution in [0.4, 0.5) is 0 Å². The quantitative estimate of drug-likeness (QED) is 0.476. The van der Waals surface area contributed by atoms with Gasteiger partial charge in [-0.3, -0.25) is 0 Å². The fourth-order valence-electron chi connectivity index (χ4n) is 3.20. The summed E-state index contributed by atoms with van der Waals surface area (Å²) in [4.78, 5) is 0. The zero-order chi connectivity index (χ0) is 6.55. The van der Waals surface area contributed by atoms with Gasteiger partial charge in [-0.05, 0) is 62.2 Å². The molecular weight excluding hydrogens is 120 g/mol. The Labute approximate surface area is 63.0 Å². The van der Waals surface area contributed by atoms with E-state index in [0.717, 1.165) is 17.8 Å².